The van der Waals surface area contributed by atoms with E-state index in [1.807, 2.05) is 55.6 Å². The van der Waals surface area contributed by atoms with Crippen molar-refractivity contribution >= 4 is 28.3 Å². The maximum atomic E-state index is 13.1. The number of hydrogen-bond donors (Lipinski definition) is 1. The first-order chi connectivity index (χ1) is 16.2. The quantitative estimate of drug-likeness (QED) is 0.471. The molecule has 7 nitrogen and oxygen atoms in total. The third-order valence-electron chi connectivity index (χ3n) is 6.05. The molecule has 2 aromatic carbocycles. The number of fused-ring (bicyclic) bond motifs is 1. The van der Waals surface area contributed by atoms with Crippen LogP contribution in [0.3, 0.4) is 0 Å². The number of aromatic nitrogens is 3. The van der Waals surface area contributed by atoms with E-state index in [0.717, 1.165) is 36.5 Å². The van der Waals surface area contributed by atoms with Gasteiger partial charge in [-0.1, -0.05) is 30.3 Å². The summed E-state index contributed by atoms with van der Waals surface area (Å²) in [6.45, 7) is 3.97. The Kier molecular flexibility index (Phi) is 5.93. The molecule has 0 aliphatic carbocycles. The molecule has 1 N–H and O–H groups in total. The SMILES string of the molecule is CCOc1ccccc1NC(=O)[C@H]1CCCN(c2cc(-n3ccc4ccccc43)ncn2)C1. The lowest BCUT2D eigenvalue weighted by Crippen LogP contribution is -2.41. The molecule has 0 radical (unpaired) electrons. The summed E-state index contributed by atoms with van der Waals surface area (Å²) in [7, 11) is 0. The summed E-state index contributed by atoms with van der Waals surface area (Å²) in [6, 6.07) is 19.9. The molecule has 0 unspecified atom stereocenters. The van der Waals surface area contributed by atoms with Gasteiger partial charge in [-0.05, 0) is 49.4 Å². The molecule has 33 heavy (non-hydrogen) atoms. The van der Waals surface area contributed by atoms with Gasteiger partial charge in [0.2, 0.25) is 5.91 Å². The van der Waals surface area contributed by atoms with Gasteiger partial charge in [-0.25, -0.2) is 9.97 Å². The highest BCUT2D eigenvalue weighted by Gasteiger charge is 2.27. The Bertz CT molecular complexity index is 1270. The molecule has 1 atom stereocenters. The first kappa shape index (κ1) is 21.0. The van der Waals surface area contributed by atoms with Gasteiger partial charge in [0.05, 0.1) is 23.7 Å². The molecule has 0 bridgehead atoms. The normalized spacial score (nSPS) is 16.0. The number of para-hydroxylation sites is 3. The van der Waals surface area contributed by atoms with Crippen molar-refractivity contribution in [3.8, 4) is 11.6 Å². The summed E-state index contributed by atoms with van der Waals surface area (Å²) in [4.78, 5) is 24.3. The van der Waals surface area contributed by atoms with Crippen LogP contribution < -0.4 is 15.0 Å². The van der Waals surface area contributed by atoms with E-state index in [-0.39, 0.29) is 11.8 Å². The fourth-order valence-corrected chi connectivity index (χ4v) is 4.41. The predicted molar refractivity (Wildman–Crippen MR) is 130 cm³/mol. The largest absolute Gasteiger partial charge is 0.492 e. The Morgan fingerprint density at radius 1 is 1.09 bits per heavy atom. The zero-order chi connectivity index (χ0) is 22.6. The molecule has 4 aromatic rings. The van der Waals surface area contributed by atoms with E-state index in [1.54, 1.807) is 6.33 Å². The summed E-state index contributed by atoms with van der Waals surface area (Å²) in [5, 5.41) is 4.23. The van der Waals surface area contributed by atoms with Crippen LogP contribution in [0.15, 0.2) is 73.2 Å². The molecular formula is C26H27N5O2. The van der Waals surface area contributed by atoms with Crippen LogP contribution in [0, 0.1) is 5.92 Å². The average molecular weight is 442 g/mol. The number of piperidine rings is 1. The van der Waals surface area contributed by atoms with Crippen molar-refractivity contribution in [1.82, 2.24) is 14.5 Å². The van der Waals surface area contributed by atoms with Crippen LogP contribution in [0.1, 0.15) is 19.8 Å². The molecule has 1 fully saturated rings. The molecule has 3 heterocycles. The first-order valence-electron chi connectivity index (χ1n) is 11.4. The number of nitrogens with one attached hydrogen (secondary N) is 1. The lowest BCUT2D eigenvalue weighted by molar-refractivity contribution is -0.120. The van der Waals surface area contributed by atoms with Crippen molar-refractivity contribution in [2.75, 3.05) is 29.9 Å². The first-order valence-corrected chi connectivity index (χ1v) is 11.4. The van der Waals surface area contributed by atoms with Crippen LogP contribution in [0.2, 0.25) is 0 Å². The fourth-order valence-electron chi connectivity index (χ4n) is 4.41. The van der Waals surface area contributed by atoms with E-state index in [1.165, 1.54) is 5.39 Å². The minimum atomic E-state index is -0.126. The minimum absolute atomic E-state index is 0.0116. The maximum absolute atomic E-state index is 13.1. The highest BCUT2D eigenvalue weighted by molar-refractivity contribution is 5.94. The number of amides is 1. The lowest BCUT2D eigenvalue weighted by atomic mass is 9.97. The molecule has 1 aliphatic heterocycles. The number of anilines is 2. The van der Waals surface area contributed by atoms with Crippen LogP contribution in [-0.4, -0.2) is 40.1 Å². The van der Waals surface area contributed by atoms with E-state index in [2.05, 4.69) is 43.0 Å². The molecule has 0 spiro atoms. The van der Waals surface area contributed by atoms with Gasteiger partial charge >= 0.3 is 0 Å². The Hall–Kier alpha value is -3.87. The Labute approximate surface area is 193 Å². The highest BCUT2D eigenvalue weighted by atomic mass is 16.5. The van der Waals surface area contributed by atoms with E-state index < -0.39 is 0 Å². The zero-order valence-corrected chi connectivity index (χ0v) is 18.6. The van der Waals surface area contributed by atoms with Crippen molar-refractivity contribution in [2.24, 2.45) is 5.92 Å². The smallest absolute Gasteiger partial charge is 0.229 e. The number of nitrogens with zero attached hydrogens (tertiary/aromatic N) is 4. The second-order valence-corrected chi connectivity index (χ2v) is 8.18. The number of carbonyl (C=O) groups is 1. The Morgan fingerprint density at radius 2 is 1.91 bits per heavy atom. The monoisotopic (exact) mass is 441 g/mol. The van der Waals surface area contributed by atoms with Gasteiger partial charge in [0, 0.05) is 25.4 Å². The van der Waals surface area contributed by atoms with E-state index in [4.69, 9.17) is 4.74 Å². The van der Waals surface area contributed by atoms with Gasteiger partial charge in [0.1, 0.15) is 23.7 Å². The molecule has 2 aromatic heterocycles. The third-order valence-corrected chi connectivity index (χ3v) is 6.05. The number of hydrogen-bond acceptors (Lipinski definition) is 5. The molecule has 1 saturated heterocycles. The van der Waals surface area contributed by atoms with Crippen LogP contribution in [0.25, 0.3) is 16.7 Å². The van der Waals surface area contributed by atoms with Crippen LogP contribution in [0.4, 0.5) is 11.5 Å². The van der Waals surface area contributed by atoms with Crippen LogP contribution in [-0.2, 0) is 4.79 Å². The molecule has 7 heteroatoms. The summed E-state index contributed by atoms with van der Waals surface area (Å²) in [6.07, 6.45) is 5.40. The summed E-state index contributed by atoms with van der Waals surface area (Å²) < 4.78 is 7.72. The van der Waals surface area contributed by atoms with Gasteiger partial charge < -0.3 is 19.5 Å². The van der Waals surface area contributed by atoms with Crippen molar-refractivity contribution in [3.05, 3.63) is 73.2 Å². The number of benzene rings is 2. The molecule has 1 amide bonds. The fraction of sp³-hybridized carbons (Fsp3) is 0.269. The molecule has 1 aliphatic rings. The van der Waals surface area contributed by atoms with Gasteiger partial charge in [-0.3, -0.25) is 4.79 Å². The lowest BCUT2D eigenvalue weighted by Gasteiger charge is -2.33. The number of rotatable bonds is 6. The standard InChI is InChI=1S/C26H27N5O2/c1-2-33-23-12-6-4-10-21(23)29-26(32)20-9-7-14-30(17-20)24-16-25(28-18-27-24)31-15-13-19-8-3-5-11-22(19)31/h3-6,8,10-13,15-16,18,20H,2,7,9,14,17H2,1H3,(H,29,32)/t20-/m0/s1. The third kappa shape index (κ3) is 4.39. The van der Waals surface area contributed by atoms with Crippen molar-refractivity contribution in [1.29, 1.82) is 0 Å². The second kappa shape index (κ2) is 9.32. The van der Waals surface area contributed by atoms with Gasteiger partial charge in [-0.15, -0.1) is 0 Å². The summed E-state index contributed by atoms with van der Waals surface area (Å²) in [5.74, 6) is 2.24. The molecular weight excluding hydrogens is 414 g/mol. The van der Waals surface area contributed by atoms with Gasteiger partial charge in [0.15, 0.2) is 0 Å². The van der Waals surface area contributed by atoms with Gasteiger partial charge in [0.25, 0.3) is 0 Å². The average Bonchev–Trinajstić information content (AvgIpc) is 3.30. The Balaban J connectivity index is 1.33. The predicted octanol–water partition coefficient (Wildman–Crippen LogP) is 4.67. The minimum Gasteiger partial charge on any atom is -0.492 e. The Morgan fingerprint density at radius 3 is 2.82 bits per heavy atom. The number of ether oxygens (including phenoxy) is 1. The van der Waals surface area contributed by atoms with E-state index >= 15 is 0 Å². The second-order valence-electron chi connectivity index (χ2n) is 8.18. The van der Waals surface area contributed by atoms with Crippen molar-refractivity contribution in [3.63, 3.8) is 0 Å². The highest BCUT2D eigenvalue weighted by Crippen LogP contribution is 2.28. The zero-order valence-electron chi connectivity index (χ0n) is 18.6. The maximum Gasteiger partial charge on any atom is 0.229 e. The van der Waals surface area contributed by atoms with Crippen LogP contribution >= 0.6 is 0 Å². The van der Waals surface area contributed by atoms with E-state index in [0.29, 0.717) is 24.6 Å². The van der Waals surface area contributed by atoms with E-state index in [9.17, 15) is 4.79 Å². The van der Waals surface area contributed by atoms with Crippen molar-refractivity contribution < 1.29 is 9.53 Å². The van der Waals surface area contributed by atoms with Crippen molar-refractivity contribution in [2.45, 2.75) is 19.8 Å². The van der Waals surface area contributed by atoms with Gasteiger partial charge in [-0.2, -0.15) is 0 Å². The molecule has 0 saturated carbocycles. The summed E-state index contributed by atoms with van der Waals surface area (Å²) in [5.41, 5.74) is 1.82. The number of carbonyl (C=O) groups excluding carboxylic acids is 1. The molecule has 5 rings (SSSR count). The van der Waals surface area contributed by atoms with Crippen LogP contribution in [0.5, 0.6) is 5.75 Å². The summed E-state index contributed by atoms with van der Waals surface area (Å²) >= 11 is 0. The molecule has 168 valence electrons. The topological polar surface area (TPSA) is 72.3 Å².